The quantitative estimate of drug-likeness (QED) is 0.299. The van der Waals surface area contributed by atoms with Crippen molar-refractivity contribution in [3.05, 3.63) is 106 Å². The normalized spacial score (nSPS) is 14.8. The predicted molar refractivity (Wildman–Crippen MR) is 143 cm³/mol. The van der Waals surface area contributed by atoms with Crippen LogP contribution in [0.25, 0.3) is 0 Å². The van der Waals surface area contributed by atoms with E-state index in [1.54, 1.807) is 0 Å². The average Bonchev–Trinajstić information content (AvgIpc) is 3.46. The third kappa shape index (κ3) is 5.33. The van der Waals surface area contributed by atoms with Crippen molar-refractivity contribution in [2.24, 2.45) is 5.16 Å². The van der Waals surface area contributed by atoms with Gasteiger partial charge in [0.25, 0.3) is 5.91 Å². The number of amides is 1. The van der Waals surface area contributed by atoms with Crippen LogP contribution < -0.4 is 10.1 Å². The second-order valence-electron chi connectivity index (χ2n) is 8.60. The summed E-state index contributed by atoms with van der Waals surface area (Å²) in [6, 6.07) is 25.4. The molecule has 2 heterocycles. The van der Waals surface area contributed by atoms with E-state index in [2.05, 4.69) is 31.5 Å². The van der Waals surface area contributed by atoms with Crippen molar-refractivity contribution in [1.82, 2.24) is 9.78 Å². The van der Waals surface area contributed by atoms with Crippen LogP contribution in [-0.4, -0.2) is 27.5 Å². The minimum absolute atomic E-state index is 0.243. The van der Waals surface area contributed by atoms with Gasteiger partial charge >= 0.3 is 0 Å². The fourth-order valence-corrected chi connectivity index (χ4v) is 4.50. The van der Waals surface area contributed by atoms with Crippen LogP contribution in [0.15, 0.2) is 88.5 Å². The molecule has 1 unspecified atom stereocenters. The maximum Gasteiger partial charge on any atom is 0.268 e. The second kappa shape index (κ2) is 10.4. The fraction of sp³-hybridized carbons (Fsp3) is 0.179. The highest BCUT2D eigenvalue weighted by Gasteiger charge is 2.30. The Bertz CT molecular complexity index is 1430. The molecule has 36 heavy (non-hydrogen) atoms. The Morgan fingerprint density at radius 1 is 1.06 bits per heavy atom. The molecule has 0 spiro atoms. The van der Waals surface area contributed by atoms with Crippen LogP contribution in [0.5, 0.6) is 11.5 Å². The lowest BCUT2D eigenvalue weighted by Gasteiger charge is -2.11. The molecule has 0 aliphatic carbocycles. The van der Waals surface area contributed by atoms with Gasteiger partial charge in [-0.25, -0.2) is 0 Å². The Labute approximate surface area is 217 Å². The molecule has 8 heteroatoms. The summed E-state index contributed by atoms with van der Waals surface area (Å²) in [4.78, 5) is 18.4. The lowest BCUT2D eigenvalue weighted by atomic mass is 10.0. The summed E-state index contributed by atoms with van der Waals surface area (Å²) in [5.74, 6) is 1.30. The van der Waals surface area contributed by atoms with E-state index < -0.39 is 6.10 Å². The number of hydrogen-bond donors (Lipinski definition) is 1. The topological polar surface area (TPSA) is 77.7 Å². The monoisotopic (exact) mass is 544 g/mol. The molecule has 1 atom stereocenters. The van der Waals surface area contributed by atoms with Crippen molar-refractivity contribution in [1.29, 1.82) is 0 Å². The van der Waals surface area contributed by atoms with Crippen molar-refractivity contribution < 1.29 is 14.4 Å². The van der Waals surface area contributed by atoms with E-state index in [1.807, 2.05) is 97.4 Å². The third-order valence-electron chi connectivity index (χ3n) is 5.96. The molecule has 5 rings (SSSR count). The number of halogens is 1. The smallest absolute Gasteiger partial charge is 0.268 e. The zero-order valence-corrected chi connectivity index (χ0v) is 21.5. The number of carbonyl (C=O) groups excluding carboxylic acids is 1. The summed E-state index contributed by atoms with van der Waals surface area (Å²) in [7, 11) is 0. The van der Waals surface area contributed by atoms with Crippen molar-refractivity contribution in [3.63, 3.8) is 0 Å². The lowest BCUT2D eigenvalue weighted by molar-refractivity contribution is -0.125. The molecule has 182 valence electrons. The van der Waals surface area contributed by atoms with Crippen LogP contribution in [0.2, 0.25) is 0 Å². The van der Waals surface area contributed by atoms with Crippen LogP contribution in [0, 0.1) is 13.8 Å². The van der Waals surface area contributed by atoms with Gasteiger partial charge in [0, 0.05) is 16.5 Å². The number of oxime groups is 1. The number of carbonyl (C=O) groups is 1. The summed E-state index contributed by atoms with van der Waals surface area (Å²) in [6.45, 7) is 4.37. The molecule has 0 fully saturated rings. The molecular weight excluding hydrogens is 520 g/mol. The first-order valence-corrected chi connectivity index (χ1v) is 12.4. The number of para-hydroxylation sites is 1. The first-order valence-electron chi connectivity index (χ1n) is 11.6. The van der Waals surface area contributed by atoms with E-state index in [0.717, 1.165) is 44.2 Å². The number of aryl methyl sites for hydroxylation is 1. The number of ether oxygens (including phenoxy) is 1. The molecule has 0 saturated carbocycles. The molecule has 0 radical (unpaired) electrons. The van der Waals surface area contributed by atoms with Crippen LogP contribution in [0.1, 0.15) is 28.9 Å². The molecule has 4 aromatic rings. The Balaban J connectivity index is 1.25. The molecule has 1 amide bonds. The summed E-state index contributed by atoms with van der Waals surface area (Å²) in [5, 5.41) is 11.8. The number of aromatic nitrogens is 2. The number of benzene rings is 3. The van der Waals surface area contributed by atoms with E-state index >= 15 is 0 Å². The first kappa shape index (κ1) is 23.8. The van der Waals surface area contributed by atoms with Gasteiger partial charge < -0.3 is 14.9 Å². The summed E-state index contributed by atoms with van der Waals surface area (Å²) >= 11 is 3.47. The van der Waals surface area contributed by atoms with E-state index in [0.29, 0.717) is 18.7 Å². The van der Waals surface area contributed by atoms with Gasteiger partial charge in [-0.3, -0.25) is 9.48 Å². The highest BCUT2D eigenvalue weighted by Crippen LogP contribution is 2.26. The van der Waals surface area contributed by atoms with Crippen molar-refractivity contribution >= 4 is 33.2 Å². The van der Waals surface area contributed by atoms with Gasteiger partial charge in [0.1, 0.15) is 11.5 Å². The van der Waals surface area contributed by atoms with Gasteiger partial charge in [-0.15, -0.1) is 0 Å². The zero-order chi connectivity index (χ0) is 25.1. The maximum atomic E-state index is 13.0. The minimum Gasteiger partial charge on any atom is -0.457 e. The number of anilines is 1. The van der Waals surface area contributed by atoms with Crippen LogP contribution in [0.4, 0.5) is 5.69 Å². The van der Waals surface area contributed by atoms with Crippen molar-refractivity contribution in [2.45, 2.75) is 32.9 Å². The van der Waals surface area contributed by atoms with Crippen LogP contribution in [-0.2, 0) is 16.2 Å². The summed E-state index contributed by atoms with van der Waals surface area (Å²) in [5.41, 5.74) is 5.01. The van der Waals surface area contributed by atoms with E-state index in [4.69, 9.17) is 9.57 Å². The van der Waals surface area contributed by atoms with Gasteiger partial charge in [0.15, 0.2) is 0 Å². The Morgan fingerprint density at radius 3 is 2.64 bits per heavy atom. The van der Waals surface area contributed by atoms with E-state index in [-0.39, 0.29) is 5.91 Å². The molecule has 7 nitrogen and oxygen atoms in total. The van der Waals surface area contributed by atoms with Crippen LogP contribution >= 0.6 is 15.9 Å². The molecule has 1 aliphatic rings. The lowest BCUT2D eigenvalue weighted by Crippen LogP contribution is -2.28. The number of nitrogens with zero attached hydrogens (tertiary/aromatic N) is 3. The van der Waals surface area contributed by atoms with Gasteiger partial charge in [-0.05, 0) is 55.8 Å². The molecule has 1 aliphatic heterocycles. The Morgan fingerprint density at radius 2 is 1.83 bits per heavy atom. The standard InChI is InChI=1S/C28H25BrN4O3/c1-18-27(30-28(34)26-16-25(32-36-26)21-9-7-10-22(29)15-21)19(2)33(31-18)17-20-8-6-13-24(14-20)35-23-11-4-3-5-12-23/h3-15,26H,16-17H2,1-2H3,(H,30,34). The first-order chi connectivity index (χ1) is 17.5. The maximum absolute atomic E-state index is 13.0. The molecule has 1 N–H and O–H groups in total. The fourth-order valence-electron chi connectivity index (χ4n) is 4.10. The Kier molecular flexibility index (Phi) is 6.86. The molecule has 0 saturated heterocycles. The largest absolute Gasteiger partial charge is 0.457 e. The number of hydrogen-bond acceptors (Lipinski definition) is 5. The molecule has 1 aromatic heterocycles. The van der Waals surface area contributed by atoms with Crippen molar-refractivity contribution in [3.8, 4) is 11.5 Å². The molecule has 3 aromatic carbocycles. The number of nitrogens with one attached hydrogen (secondary N) is 1. The highest BCUT2D eigenvalue weighted by molar-refractivity contribution is 9.10. The zero-order valence-electron chi connectivity index (χ0n) is 19.9. The van der Waals surface area contributed by atoms with E-state index in [9.17, 15) is 4.79 Å². The number of rotatable bonds is 7. The average molecular weight is 545 g/mol. The second-order valence-corrected chi connectivity index (χ2v) is 9.52. The minimum atomic E-state index is -0.687. The Hall–Kier alpha value is -3.91. The van der Waals surface area contributed by atoms with Gasteiger partial charge in [0.2, 0.25) is 6.10 Å². The van der Waals surface area contributed by atoms with Crippen molar-refractivity contribution in [2.75, 3.05) is 5.32 Å². The molecule has 0 bridgehead atoms. The third-order valence-corrected chi connectivity index (χ3v) is 6.45. The SMILES string of the molecule is Cc1nn(Cc2cccc(Oc3ccccc3)c2)c(C)c1NC(=O)C1CC(c2cccc(Br)c2)=NO1. The molecular formula is C28H25BrN4O3. The highest BCUT2D eigenvalue weighted by atomic mass is 79.9. The van der Waals surface area contributed by atoms with E-state index in [1.165, 1.54) is 0 Å². The summed E-state index contributed by atoms with van der Waals surface area (Å²) < 4.78 is 8.79. The van der Waals surface area contributed by atoms with Gasteiger partial charge in [-0.2, -0.15) is 5.10 Å². The van der Waals surface area contributed by atoms with Crippen LogP contribution in [0.3, 0.4) is 0 Å². The van der Waals surface area contributed by atoms with Gasteiger partial charge in [-0.1, -0.05) is 63.6 Å². The summed E-state index contributed by atoms with van der Waals surface area (Å²) in [6.07, 6.45) is -0.282. The van der Waals surface area contributed by atoms with Gasteiger partial charge in [0.05, 0.1) is 29.3 Å². The predicted octanol–water partition coefficient (Wildman–Crippen LogP) is 6.23.